The number of rotatable bonds is 3. The number of phenolic OH excluding ortho intramolecular Hbond substituents is 1. The molecule has 2 nitrogen and oxygen atoms in total. The molecule has 0 atom stereocenters. The molecule has 0 aliphatic heterocycles. The molecular weight excluding hydrogens is 274 g/mol. The zero-order valence-electron chi connectivity index (χ0n) is 10.5. The molecule has 0 radical (unpaired) electrons. The van der Waals surface area contributed by atoms with Crippen molar-refractivity contribution in [1.29, 1.82) is 0 Å². The van der Waals surface area contributed by atoms with Crippen molar-refractivity contribution in [2.45, 2.75) is 13.5 Å². The van der Waals surface area contributed by atoms with Crippen LogP contribution in [0.25, 0.3) is 0 Å². The summed E-state index contributed by atoms with van der Waals surface area (Å²) in [5.41, 5.74) is 0.204. The van der Waals surface area contributed by atoms with Gasteiger partial charge in [-0.15, -0.1) is 0 Å². The second-order valence-corrected chi connectivity index (χ2v) is 4.34. The first-order valence-corrected chi connectivity index (χ1v) is 5.75. The van der Waals surface area contributed by atoms with Crippen molar-refractivity contribution in [3.05, 3.63) is 58.7 Å². The largest absolute Gasteiger partial charge is 0.503 e. The second-order valence-electron chi connectivity index (χ2n) is 4.34. The Morgan fingerprint density at radius 2 is 1.50 bits per heavy atom. The number of aryl methyl sites for hydroxylation is 1. The summed E-state index contributed by atoms with van der Waals surface area (Å²) < 4.78 is 53.1. The molecule has 0 fully saturated rings. The molecule has 6 heteroatoms. The average molecular weight is 285 g/mol. The lowest BCUT2D eigenvalue weighted by atomic mass is 10.1. The number of nitrogens with one attached hydrogen (secondary N) is 1. The molecule has 0 unspecified atom stereocenters. The predicted molar refractivity (Wildman–Crippen MR) is 66.4 cm³/mol. The lowest BCUT2D eigenvalue weighted by Gasteiger charge is -2.10. The SMILES string of the molecule is Cc1cc(F)c(NCc2cc(F)c(O)c(F)c2)cc1F. The minimum absolute atomic E-state index is 0.109. The van der Waals surface area contributed by atoms with E-state index in [9.17, 15) is 17.6 Å². The van der Waals surface area contributed by atoms with Crippen LogP contribution in [0, 0.1) is 30.2 Å². The van der Waals surface area contributed by atoms with Crippen molar-refractivity contribution < 1.29 is 22.7 Å². The number of anilines is 1. The van der Waals surface area contributed by atoms with E-state index >= 15 is 0 Å². The van der Waals surface area contributed by atoms with Crippen molar-refractivity contribution in [1.82, 2.24) is 0 Å². The van der Waals surface area contributed by atoms with Crippen LogP contribution < -0.4 is 5.32 Å². The van der Waals surface area contributed by atoms with E-state index < -0.39 is 29.0 Å². The van der Waals surface area contributed by atoms with Crippen LogP contribution in [0.1, 0.15) is 11.1 Å². The first-order chi connectivity index (χ1) is 9.38. The predicted octanol–water partition coefficient (Wildman–Crippen LogP) is 3.87. The summed E-state index contributed by atoms with van der Waals surface area (Å²) in [6, 6.07) is 3.81. The molecule has 0 saturated heterocycles. The number of benzene rings is 2. The summed E-state index contributed by atoms with van der Waals surface area (Å²) in [6.45, 7) is 1.31. The third-order valence-electron chi connectivity index (χ3n) is 2.81. The van der Waals surface area contributed by atoms with Gasteiger partial charge in [0.05, 0.1) is 5.69 Å². The summed E-state index contributed by atoms with van der Waals surface area (Å²) in [6.07, 6.45) is 0. The molecule has 0 aliphatic carbocycles. The van der Waals surface area contributed by atoms with Crippen LogP contribution in [-0.2, 0) is 6.54 Å². The van der Waals surface area contributed by atoms with Crippen molar-refractivity contribution in [3.63, 3.8) is 0 Å². The van der Waals surface area contributed by atoms with Crippen LogP contribution in [0.4, 0.5) is 23.2 Å². The van der Waals surface area contributed by atoms with Gasteiger partial charge < -0.3 is 10.4 Å². The molecule has 2 aromatic carbocycles. The van der Waals surface area contributed by atoms with Gasteiger partial charge in [-0.3, -0.25) is 0 Å². The molecular formula is C14H11F4NO. The summed E-state index contributed by atoms with van der Waals surface area (Å²) in [4.78, 5) is 0. The Morgan fingerprint density at radius 1 is 0.900 bits per heavy atom. The van der Waals surface area contributed by atoms with E-state index in [1.54, 1.807) is 0 Å². The van der Waals surface area contributed by atoms with Gasteiger partial charge >= 0.3 is 0 Å². The van der Waals surface area contributed by atoms with E-state index in [1.807, 2.05) is 0 Å². The summed E-state index contributed by atoms with van der Waals surface area (Å²) in [7, 11) is 0. The number of hydrogen-bond donors (Lipinski definition) is 2. The maximum atomic E-state index is 13.5. The highest BCUT2D eigenvalue weighted by Gasteiger charge is 2.11. The molecule has 2 rings (SSSR count). The molecule has 0 amide bonds. The van der Waals surface area contributed by atoms with Gasteiger partial charge in [-0.05, 0) is 36.2 Å². The van der Waals surface area contributed by atoms with Crippen molar-refractivity contribution >= 4 is 5.69 Å². The van der Waals surface area contributed by atoms with Gasteiger partial charge in [0.15, 0.2) is 17.4 Å². The molecule has 0 bridgehead atoms. The zero-order chi connectivity index (χ0) is 14.9. The highest BCUT2D eigenvalue weighted by atomic mass is 19.1. The number of hydrogen-bond acceptors (Lipinski definition) is 2. The summed E-state index contributed by atoms with van der Waals surface area (Å²) in [5.74, 6) is -4.54. The van der Waals surface area contributed by atoms with Crippen LogP contribution >= 0.6 is 0 Å². The Balaban J connectivity index is 2.19. The van der Waals surface area contributed by atoms with Gasteiger partial charge in [0, 0.05) is 12.6 Å². The monoisotopic (exact) mass is 285 g/mol. The van der Waals surface area contributed by atoms with Gasteiger partial charge in [0.2, 0.25) is 0 Å². The van der Waals surface area contributed by atoms with Crippen molar-refractivity contribution in [2.75, 3.05) is 5.32 Å². The normalized spacial score (nSPS) is 10.7. The molecule has 0 heterocycles. The van der Waals surface area contributed by atoms with Gasteiger partial charge in [0.1, 0.15) is 11.6 Å². The quantitative estimate of drug-likeness (QED) is 0.839. The molecule has 20 heavy (non-hydrogen) atoms. The van der Waals surface area contributed by atoms with E-state index in [2.05, 4.69) is 5.32 Å². The lowest BCUT2D eigenvalue weighted by molar-refractivity contribution is 0.395. The lowest BCUT2D eigenvalue weighted by Crippen LogP contribution is -2.04. The Bertz CT molecular complexity index is 635. The molecule has 106 valence electrons. The Labute approximate surface area is 112 Å². The molecule has 2 aromatic rings. The van der Waals surface area contributed by atoms with Gasteiger partial charge in [-0.25, -0.2) is 17.6 Å². The second kappa shape index (κ2) is 5.40. The standard InChI is InChI=1S/C14H11F4NO/c1-7-2-10(16)13(5-9(7)15)19-6-8-3-11(17)14(20)12(18)4-8/h2-5,19-20H,6H2,1H3. The van der Waals surface area contributed by atoms with Gasteiger partial charge in [0.25, 0.3) is 0 Å². The Hall–Kier alpha value is -2.24. The van der Waals surface area contributed by atoms with Crippen molar-refractivity contribution in [2.24, 2.45) is 0 Å². The maximum absolute atomic E-state index is 13.5. The summed E-state index contributed by atoms with van der Waals surface area (Å²) in [5, 5.41) is 11.5. The van der Waals surface area contributed by atoms with Gasteiger partial charge in [-0.2, -0.15) is 0 Å². The van der Waals surface area contributed by atoms with Crippen LogP contribution in [0.15, 0.2) is 24.3 Å². The van der Waals surface area contributed by atoms with E-state index in [0.29, 0.717) is 0 Å². The van der Waals surface area contributed by atoms with Crippen molar-refractivity contribution in [3.8, 4) is 5.75 Å². The van der Waals surface area contributed by atoms with Crippen LogP contribution in [0.5, 0.6) is 5.75 Å². The number of aromatic hydroxyl groups is 1. The first-order valence-electron chi connectivity index (χ1n) is 5.75. The number of halogens is 4. The van der Waals surface area contributed by atoms with Gasteiger partial charge in [-0.1, -0.05) is 0 Å². The maximum Gasteiger partial charge on any atom is 0.187 e. The number of phenols is 1. The fourth-order valence-electron chi connectivity index (χ4n) is 1.70. The molecule has 2 N–H and O–H groups in total. The first kappa shape index (κ1) is 14.2. The van der Waals surface area contributed by atoms with Crippen LogP contribution in [0.3, 0.4) is 0 Å². The molecule has 0 aromatic heterocycles. The third kappa shape index (κ3) is 2.84. The fourth-order valence-corrected chi connectivity index (χ4v) is 1.70. The minimum Gasteiger partial charge on any atom is -0.503 e. The molecule has 0 saturated carbocycles. The average Bonchev–Trinajstić information content (AvgIpc) is 2.38. The highest BCUT2D eigenvalue weighted by molar-refractivity contribution is 5.47. The van der Waals surface area contributed by atoms with E-state index in [4.69, 9.17) is 5.11 Å². The molecule has 0 spiro atoms. The van der Waals surface area contributed by atoms with Crippen LogP contribution in [-0.4, -0.2) is 5.11 Å². The smallest absolute Gasteiger partial charge is 0.187 e. The van der Waals surface area contributed by atoms with E-state index in [-0.39, 0.29) is 23.4 Å². The van der Waals surface area contributed by atoms with E-state index in [1.165, 1.54) is 6.92 Å². The van der Waals surface area contributed by atoms with Crippen LogP contribution in [0.2, 0.25) is 0 Å². The minimum atomic E-state index is -1.11. The fraction of sp³-hybridized carbons (Fsp3) is 0.143. The Morgan fingerprint density at radius 3 is 2.10 bits per heavy atom. The zero-order valence-corrected chi connectivity index (χ0v) is 10.5. The highest BCUT2D eigenvalue weighted by Crippen LogP contribution is 2.23. The Kier molecular flexibility index (Phi) is 3.83. The molecule has 0 aliphatic rings. The topological polar surface area (TPSA) is 32.3 Å². The third-order valence-corrected chi connectivity index (χ3v) is 2.81. The summed E-state index contributed by atoms with van der Waals surface area (Å²) >= 11 is 0. The van der Waals surface area contributed by atoms with E-state index in [0.717, 1.165) is 24.3 Å².